The third-order valence-electron chi connectivity index (χ3n) is 1.68. The number of aldehydes is 1. The van der Waals surface area contributed by atoms with Gasteiger partial charge in [-0.3, -0.25) is 9.59 Å². The van der Waals surface area contributed by atoms with Gasteiger partial charge in [-0.15, -0.1) is 0 Å². The van der Waals surface area contributed by atoms with Gasteiger partial charge in [0.2, 0.25) is 5.60 Å². The molecule has 0 aromatic heterocycles. The lowest BCUT2D eigenvalue weighted by molar-refractivity contribution is -0.138. The van der Waals surface area contributed by atoms with E-state index in [4.69, 9.17) is 11.6 Å². The molecule has 13 heavy (non-hydrogen) atoms. The Morgan fingerprint density at radius 3 is 2.31 bits per heavy atom. The van der Waals surface area contributed by atoms with E-state index in [2.05, 4.69) is 0 Å². The molecule has 1 aromatic carbocycles. The Bertz CT molecular complexity index is 323. The third kappa shape index (κ3) is 1.76. The van der Waals surface area contributed by atoms with Crippen LogP contribution in [0, 0.1) is 0 Å². The summed E-state index contributed by atoms with van der Waals surface area (Å²) in [5.74, 6) is 0. The Morgan fingerprint density at radius 1 is 1.38 bits per heavy atom. The van der Waals surface area contributed by atoms with Crippen LogP contribution >= 0.6 is 11.6 Å². The van der Waals surface area contributed by atoms with E-state index in [1.54, 1.807) is 18.2 Å². The first-order chi connectivity index (χ1) is 6.11. The molecule has 68 valence electrons. The molecule has 1 aromatic rings. The average Bonchev–Trinajstić information content (AvgIpc) is 2.17. The molecule has 0 spiro atoms. The van der Waals surface area contributed by atoms with E-state index in [0.29, 0.717) is 0 Å². The molecule has 0 aliphatic carbocycles. The Morgan fingerprint density at radius 2 is 1.92 bits per heavy atom. The normalized spacial score (nSPS) is 14.6. The molecule has 0 aliphatic heterocycles. The Labute approximate surface area is 79.9 Å². The highest BCUT2D eigenvalue weighted by atomic mass is 35.5. The molecule has 0 heterocycles. The molecule has 0 amide bonds. The molecule has 1 unspecified atom stereocenters. The van der Waals surface area contributed by atoms with Crippen LogP contribution in [-0.4, -0.2) is 16.6 Å². The summed E-state index contributed by atoms with van der Waals surface area (Å²) in [6.07, 6.45) is 0.123. The Kier molecular flexibility index (Phi) is 2.80. The molecule has 0 aliphatic rings. The van der Waals surface area contributed by atoms with Crippen molar-refractivity contribution in [2.75, 3.05) is 0 Å². The standard InChI is InChI=1S/C9H7ClO3/c10-8(12)9(13,6-11)7-4-2-1-3-5-7/h1-6,13H. The molecule has 1 rings (SSSR count). The van der Waals surface area contributed by atoms with E-state index in [0.717, 1.165) is 0 Å². The highest BCUT2D eigenvalue weighted by molar-refractivity contribution is 6.66. The maximum absolute atomic E-state index is 10.8. The van der Waals surface area contributed by atoms with Gasteiger partial charge >= 0.3 is 0 Å². The minimum atomic E-state index is -2.22. The summed E-state index contributed by atoms with van der Waals surface area (Å²) in [5.41, 5.74) is -2.05. The molecule has 1 N–H and O–H groups in total. The minimum absolute atomic E-state index is 0.123. The van der Waals surface area contributed by atoms with Crippen molar-refractivity contribution in [1.82, 2.24) is 0 Å². The second-order valence-corrected chi connectivity index (χ2v) is 2.87. The lowest BCUT2D eigenvalue weighted by atomic mass is 9.97. The molecule has 0 bridgehead atoms. The van der Waals surface area contributed by atoms with E-state index in [1.165, 1.54) is 12.1 Å². The van der Waals surface area contributed by atoms with Crippen LogP contribution < -0.4 is 0 Å². The van der Waals surface area contributed by atoms with Crippen molar-refractivity contribution in [3.05, 3.63) is 35.9 Å². The fraction of sp³-hybridized carbons (Fsp3) is 0.111. The van der Waals surface area contributed by atoms with Crippen LogP contribution in [0.5, 0.6) is 0 Å². The summed E-state index contributed by atoms with van der Waals surface area (Å²) in [6, 6.07) is 7.81. The van der Waals surface area contributed by atoms with Gasteiger partial charge in [0, 0.05) is 0 Å². The van der Waals surface area contributed by atoms with Crippen LogP contribution in [0.4, 0.5) is 0 Å². The second kappa shape index (κ2) is 3.68. The summed E-state index contributed by atoms with van der Waals surface area (Å²) in [5, 5.41) is 8.42. The first kappa shape index (κ1) is 9.89. The lowest BCUT2D eigenvalue weighted by Crippen LogP contribution is -2.34. The summed E-state index contributed by atoms with van der Waals surface area (Å²) in [7, 11) is 0. The van der Waals surface area contributed by atoms with Gasteiger partial charge in [0.15, 0.2) is 6.29 Å². The first-order valence-electron chi connectivity index (χ1n) is 3.55. The van der Waals surface area contributed by atoms with Crippen molar-refractivity contribution in [3.8, 4) is 0 Å². The van der Waals surface area contributed by atoms with Gasteiger partial charge in [-0.1, -0.05) is 30.3 Å². The average molecular weight is 199 g/mol. The minimum Gasteiger partial charge on any atom is -0.370 e. The van der Waals surface area contributed by atoms with Crippen LogP contribution in [0.3, 0.4) is 0 Å². The van der Waals surface area contributed by atoms with Gasteiger partial charge in [-0.2, -0.15) is 0 Å². The van der Waals surface area contributed by atoms with Crippen molar-refractivity contribution in [2.24, 2.45) is 0 Å². The van der Waals surface area contributed by atoms with Crippen molar-refractivity contribution in [1.29, 1.82) is 0 Å². The number of hydrogen-bond acceptors (Lipinski definition) is 3. The number of aliphatic hydroxyl groups is 1. The van der Waals surface area contributed by atoms with E-state index in [-0.39, 0.29) is 11.8 Å². The van der Waals surface area contributed by atoms with E-state index in [9.17, 15) is 14.7 Å². The Balaban J connectivity index is 3.18. The van der Waals surface area contributed by atoms with Gasteiger partial charge in [0.05, 0.1) is 0 Å². The predicted molar refractivity (Wildman–Crippen MR) is 47.3 cm³/mol. The maximum Gasteiger partial charge on any atom is 0.265 e. The highest BCUT2D eigenvalue weighted by Crippen LogP contribution is 2.21. The fourth-order valence-electron chi connectivity index (χ4n) is 0.920. The van der Waals surface area contributed by atoms with Gasteiger partial charge in [-0.05, 0) is 17.2 Å². The van der Waals surface area contributed by atoms with Crippen LogP contribution in [0.15, 0.2) is 30.3 Å². The number of rotatable bonds is 3. The number of benzene rings is 1. The summed E-state index contributed by atoms with van der Waals surface area (Å²) in [6.45, 7) is 0. The summed E-state index contributed by atoms with van der Waals surface area (Å²) in [4.78, 5) is 21.3. The zero-order valence-electron chi connectivity index (χ0n) is 6.61. The number of carbonyl (C=O) groups excluding carboxylic acids is 2. The van der Waals surface area contributed by atoms with Gasteiger partial charge in [-0.25, -0.2) is 0 Å². The van der Waals surface area contributed by atoms with E-state index >= 15 is 0 Å². The van der Waals surface area contributed by atoms with Crippen LogP contribution in [0.25, 0.3) is 0 Å². The smallest absolute Gasteiger partial charge is 0.265 e. The maximum atomic E-state index is 10.8. The largest absolute Gasteiger partial charge is 0.370 e. The second-order valence-electron chi connectivity index (χ2n) is 2.52. The number of hydrogen-bond donors (Lipinski definition) is 1. The van der Waals surface area contributed by atoms with Crippen LogP contribution in [-0.2, 0) is 15.2 Å². The molecule has 0 saturated heterocycles. The quantitative estimate of drug-likeness (QED) is 0.445. The van der Waals surface area contributed by atoms with Gasteiger partial charge < -0.3 is 5.11 Å². The number of halogens is 1. The van der Waals surface area contributed by atoms with Gasteiger partial charge in [0.25, 0.3) is 5.24 Å². The third-order valence-corrected chi connectivity index (χ3v) is 1.97. The first-order valence-corrected chi connectivity index (χ1v) is 3.93. The van der Waals surface area contributed by atoms with Gasteiger partial charge in [0.1, 0.15) is 0 Å². The molecular weight excluding hydrogens is 192 g/mol. The van der Waals surface area contributed by atoms with Crippen molar-refractivity contribution >= 4 is 23.1 Å². The molecule has 1 atom stereocenters. The van der Waals surface area contributed by atoms with E-state index < -0.39 is 10.8 Å². The molecule has 4 heteroatoms. The summed E-state index contributed by atoms with van der Waals surface area (Å²) < 4.78 is 0. The van der Waals surface area contributed by atoms with Crippen molar-refractivity contribution in [3.63, 3.8) is 0 Å². The fourth-order valence-corrected chi connectivity index (χ4v) is 1.07. The Hall–Kier alpha value is -1.19. The van der Waals surface area contributed by atoms with Crippen molar-refractivity contribution < 1.29 is 14.7 Å². The molecular formula is C9H7ClO3. The lowest BCUT2D eigenvalue weighted by Gasteiger charge is -2.16. The SMILES string of the molecule is O=CC(O)(C(=O)Cl)c1ccccc1. The highest BCUT2D eigenvalue weighted by Gasteiger charge is 2.36. The summed E-state index contributed by atoms with van der Waals surface area (Å²) >= 11 is 5.10. The molecule has 0 saturated carbocycles. The molecule has 0 fully saturated rings. The topological polar surface area (TPSA) is 54.4 Å². The molecule has 3 nitrogen and oxygen atoms in total. The zero-order chi connectivity index (χ0) is 9.90. The molecule has 0 radical (unpaired) electrons. The zero-order valence-corrected chi connectivity index (χ0v) is 7.36. The van der Waals surface area contributed by atoms with Crippen LogP contribution in [0.1, 0.15) is 5.56 Å². The van der Waals surface area contributed by atoms with Crippen molar-refractivity contribution in [2.45, 2.75) is 5.60 Å². The van der Waals surface area contributed by atoms with Crippen LogP contribution in [0.2, 0.25) is 0 Å². The monoisotopic (exact) mass is 198 g/mol. The van der Waals surface area contributed by atoms with E-state index in [1.807, 2.05) is 0 Å². The predicted octanol–water partition coefficient (Wildman–Crippen LogP) is 0.839. The number of carbonyl (C=O) groups is 2.